The van der Waals surface area contributed by atoms with Gasteiger partial charge in [-0.25, -0.2) is 14.4 Å². The molecule has 2 heterocycles. The molecule has 0 unspecified atom stereocenters. The van der Waals surface area contributed by atoms with Gasteiger partial charge in [0.1, 0.15) is 5.82 Å². The van der Waals surface area contributed by atoms with Gasteiger partial charge in [-0.15, -0.1) is 0 Å². The van der Waals surface area contributed by atoms with Crippen LogP contribution in [0.15, 0.2) is 59.6 Å². The van der Waals surface area contributed by atoms with Crippen molar-refractivity contribution in [3.8, 4) is 0 Å². The predicted molar refractivity (Wildman–Crippen MR) is 140 cm³/mol. The van der Waals surface area contributed by atoms with Gasteiger partial charge in [-0.1, -0.05) is 23.7 Å². The number of guanidine groups is 1. The Kier molecular flexibility index (Phi) is 7.54. The lowest BCUT2D eigenvalue weighted by atomic mass is 10.2. The zero-order valence-corrected chi connectivity index (χ0v) is 20.5. The van der Waals surface area contributed by atoms with E-state index >= 15 is 0 Å². The molecule has 0 atom stereocenters. The van der Waals surface area contributed by atoms with E-state index in [1.54, 1.807) is 18.2 Å². The number of nitrogens with one attached hydrogen (secondary N) is 2. The molecule has 2 N–H and O–H groups in total. The molecule has 0 bridgehead atoms. The Balaban J connectivity index is 1.53. The Morgan fingerprint density at radius 2 is 1.62 bits per heavy atom. The molecular weight excluding hydrogens is 473 g/mol. The van der Waals surface area contributed by atoms with E-state index in [1.165, 1.54) is 12.1 Å². The summed E-state index contributed by atoms with van der Waals surface area (Å²) < 4.78 is 13.3. The molecule has 1 aliphatic heterocycles. The van der Waals surface area contributed by atoms with Crippen molar-refractivity contribution in [1.82, 2.24) is 14.9 Å². The van der Waals surface area contributed by atoms with Crippen molar-refractivity contribution in [2.45, 2.75) is 13.8 Å². The van der Waals surface area contributed by atoms with Gasteiger partial charge in [-0.2, -0.15) is 4.99 Å². The second-order valence-electron chi connectivity index (χ2n) is 7.90. The summed E-state index contributed by atoms with van der Waals surface area (Å²) in [6.07, 6.45) is 0. The fourth-order valence-corrected chi connectivity index (χ4v) is 4.07. The molecule has 1 aromatic heterocycles. The summed E-state index contributed by atoms with van der Waals surface area (Å²) in [5.41, 5.74) is 3.38. The van der Waals surface area contributed by atoms with Crippen LogP contribution in [-0.2, 0) is 0 Å². The van der Waals surface area contributed by atoms with Crippen molar-refractivity contribution < 1.29 is 4.39 Å². The van der Waals surface area contributed by atoms with Crippen LogP contribution in [0.3, 0.4) is 0 Å². The molecule has 0 aliphatic carbocycles. The second kappa shape index (κ2) is 10.8. The van der Waals surface area contributed by atoms with E-state index in [1.807, 2.05) is 38.1 Å². The normalized spacial score (nSPS) is 14.2. The number of para-hydroxylation sites is 1. The molecule has 0 amide bonds. The summed E-state index contributed by atoms with van der Waals surface area (Å²) in [4.78, 5) is 17.9. The minimum absolute atomic E-state index is 0.242. The van der Waals surface area contributed by atoms with E-state index in [0.29, 0.717) is 35.7 Å². The minimum atomic E-state index is -0.242. The predicted octanol–water partition coefficient (Wildman–Crippen LogP) is 4.87. The number of hydrogen-bond acceptors (Lipinski definition) is 4. The Bertz CT molecular complexity index is 1170. The molecule has 0 spiro atoms. The van der Waals surface area contributed by atoms with Crippen LogP contribution in [-0.4, -0.2) is 52.1 Å². The summed E-state index contributed by atoms with van der Waals surface area (Å²) >= 11 is 11.8. The number of aryl methyl sites for hydroxylation is 2. The number of rotatable bonds is 3. The fraction of sp³-hybridized carbons (Fsp3) is 0.250. The molecule has 0 radical (unpaired) electrons. The van der Waals surface area contributed by atoms with Gasteiger partial charge in [0.25, 0.3) is 0 Å². The first kappa shape index (κ1) is 23.8. The minimum Gasteiger partial charge on any atom is -0.368 e. The summed E-state index contributed by atoms with van der Waals surface area (Å²) in [7, 11) is 0. The van der Waals surface area contributed by atoms with Crippen molar-refractivity contribution >= 4 is 52.2 Å². The number of piperazine rings is 1. The van der Waals surface area contributed by atoms with E-state index < -0.39 is 0 Å². The smallest absolute Gasteiger partial charge is 0.229 e. The molecule has 7 nitrogen and oxygen atoms in total. The lowest BCUT2D eigenvalue weighted by Crippen LogP contribution is -2.51. The Labute approximate surface area is 208 Å². The van der Waals surface area contributed by atoms with Crippen LogP contribution in [0, 0.1) is 19.7 Å². The maximum absolute atomic E-state index is 13.3. The third-order valence-electron chi connectivity index (χ3n) is 5.30. The van der Waals surface area contributed by atoms with Gasteiger partial charge >= 0.3 is 0 Å². The van der Waals surface area contributed by atoms with E-state index in [0.717, 1.165) is 30.2 Å². The molecule has 1 saturated heterocycles. The van der Waals surface area contributed by atoms with Gasteiger partial charge in [0.15, 0.2) is 0 Å². The van der Waals surface area contributed by atoms with Crippen molar-refractivity contribution in [1.29, 1.82) is 0 Å². The van der Waals surface area contributed by atoms with Crippen LogP contribution in [0.2, 0.25) is 5.02 Å². The van der Waals surface area contributed by atoms with Crippen LogP contribution >= 0.6 is 23.8 Å². The molecule has 4 rings (SSSR count). The number of anilines is 3. The second-order valence-corrected chi connectivity index (χ2v) is 8.69. The number of thiocarbonyl (C=S) groups is 1. The lowest BCUT2D eigenvalue weighted by Gasteiger charge is -2.37. The standard InChI is InChI=1S/C24H25ClFN7S/c1-16-15-17(2)28-22(27-16)30-23(31-24(34)29-21-6-4-3-5-20(21)25)33-13-11-32(12-14-33)19-9-7-18(26)8-10-19/h3-10,15H,11-14H2,1-2H3,(H2,27,28,29,30,31,34). The van der Waals surface area contributed by atoms with Gasteiger partial charge in [-0.05, 0) is 68.5 Å². The first-order chi connectivity index (χ1) is 16.4. The largest absolute Gasteiger partial charge is 0.368 e. The zero-order valence-electron chi connectivity index (χ0n) is 18.9. The van der Waals surface area contributed by atoms with Crippen LogP contribution < -0.4 is 15.5 Å². The molecule has 176 valence electrons. The first-order valence-corrected chi connectivity index (χ1v) is 11.6. The third-order valence-corrected chi connectivity index (χ3v) is 5.82. The van der Waals surface area contributed by atoms with E-state index in [2.05, 4.69) is 35.4 Å². The molecule has 3 aromatic rings. The van der Waals surface area contributed by atoms with Gasteiger partial charge in [0.05, 0.1) is 10.7 Å². The van der Waals surface area contributed by atoms with Crippen molar-refractivity contribution in [2.75, 3.05) is 41.7 Å². The van der Waals surface area contributed by atoms with Crippen molar-refractivity contribution in [3.05, 3.63) is 76.8 Å². The summed E-state index contributed by atoms with van der Waals surface area (Å²) in [5, 5.41) is 7.16. The van der Waals surface area contributed by atoms with Gasteiger partial charge in [0.2, 0.25) is 17.0 Å². The molecule has 34 heavy (non-hydrogen) atoms. The Hall–Kier alpha value is -3.30. The van der Waals surface area contributed by atoms with Crippen molar-refractivity contribution in [2.24, 2.45) is 4.99 Å². The van der Waals surface area contributed by atoms with Crippen LogP contribution in [0.25, 0.3) is 0 Å². The molecule has 10 heteroatoms. The molecule has 1 fully saturated rings. The van der Waals surface area contributed by atoms with Gasteiger partial charge in [-0.3, -0.25) is 5.32 Å². The molecular formula is C24H25ClFN7S. The quantitative estimate of drug-likeness (QED) is 0.304. The lowest BCUT2D eigenvalue weighted by molar-refractivity contribution is 0.385. The molecule has 0 saturated carbocycles. The summed E-state index contributed by atoms with van der Waals surface area (Å²) in [6, 6.07) is 15.8. The third kappa shape index (κ3) is 6.18. The number of halogens is 2. The van der Waals surface area contributed by atoms with E-state index in [4.69, 9.17) is 23.8 Å². The maximum atomic E-state index is 13.3. The number of benzene rings is 2. The number of hydrogen-bond donors (Lipinski definition) is 2. The summed E-state index contributed by atoms with van der Waals surface area (Å²) in [6.45, 7) is 6.68. The topological polar surface area (TPSA) is 68.7 Å². The van der Waals surface area contributed by atoms with Crippen LogP contribution in [0.5, 0.6) is 0 Å². The Morgan fingerprint density at radius 3 is 2.26 bits per heavy atom. The molecule has 1 aliphatic rings. The summed E-state index contributed by atoms with van der Waals surface area (Å²) in [5.74, 6) is 0.764. The van der Waals surface area contributed by atoms with Gasteiger partial charge in [0, 0.05) is 43.3 Å². The van der Waals surface area contributed by atoms with Crippen LogP contribution in [0.1, 0.15) is 11.4 Å². The monoisotopic (exact) mass is 497 g/mol. The first-order valence-electron chi connectivity index (χ1n) is 10.9. The van der Waals surface area contributed by atoms with E-state index in [-0.39, 0.29) is 10.9 Å². The highest BCUT2D eigenvalue weighted by Gasteiger charge is 2.22. The van der Waals surface area contributed by atoms with Crippen LogP contribution in [0.4, 0.5) is 21.7 Å². The Morgan fingerprint density at radius 1 is 0.971 bits per heavy atom. The number of aromatic nitrogens is 2. The fourth-order valence-electron chi connectivity index (χ4n) is 3.69. The van der Waals surface area contributed by atoms with Gasteiger partial charge < -0.3 is 15.1 Å². The SMILES string of the molecule is Cc1cc(C)nc(N/C(=N/C(=S)Nc2ccccc2Cl)N2CCN(c3ccc(F)cc3)CC2)n1. The zero-order chi connectivity index (χ0) is 24.1. The average molecular weight is 498 g/mol. The highest BCUT2D eigenvalue weighted by molar-refractivity contribution is 7.80. The number of aliphatic imine (C=N–C) groups is 1. The highest BCUT2D eigenvalue weighted by Crippen LogP contribution is 2.21. The number of nitrogens with zero attached hydrogens (tertiary/aromatic N) is 5. The van der Waals surface area contributed by atoms with Crippen molar-refractivity contribution in [3.63, 3.8) is 0 Å². The molecule has 2 aromatic carbocycles. The highest BCUT2D eigenvalue weighted by atomic mass is 35.5. The average Bonchev–Trinajstić information content (AvgIpc) is 2.80. The maximum Gasteiger partial charge on any atom is 0.229 e. The van der Waals surface area contributed by atoms with E-state index in [9.17, 15) is 4.39 Å².